The lowest BCUT2D eigenvalue weighted by Crippen LogP contribution is -2.27. The lowest BCUT2D eigenvalue weighted by atomic mass is 10.1. The van der Waals surface area contributed by atoms with Crippen molar-refractivity contribution in [3.8, 4) is 5.69 Å². The summed E-state index contributed by atoms with van der Waals surface area (Å²) in [5.41, 5.74) is 2.59. The summed E-state index contributed by atoms with van der Waals surface area (Å²) < 4.78 is 14.6. The van der Waals surface area contributed by atoms with E-state index in [-0.39, 0.29) is 11.7 Å². The molecule has 0 aliphatic carbocycles. The molecule has 1 amide bonds. The normalized spacial score (nSPS) is 10.5. The fourth-order valence-corrected chi connectivity index (χ4v) is 2.33. The summed E-state index contributed by atoms with van der Waals surface area (Å²) in [6.45, 7) is 0.477. The van der Waals surface area contributed by atoms with Gasteiger partial charge in [-0.25, -0.2) is 9.07 Å². The zero-order valence-electron chi connectivity index (χ0n) is 12.9. The van der Waals surface area contributed by atoms with Gasteiger partial charge in [0.15, 0.2) is 0 Å². The molecule has 0 bridgehead atoms. The fourth-order valence-electron chi connectivity index (χ4n) is 2.33. The third-order valence-electron chi connectivity index (χ3n) is 3.54. The van der Waals surface area contributed by atoms with Gasteiger partial charge in [-0.2, -0.15) is 0 Å². The topological polar surface area (TPSA) is 72.7 Å². The summed E-state index contributed by atoms with van der Waals surface area (Å²) >= 11 is 0. The van der Waals surface area contributed by atoms with E-state index in [9.17, 15) is 9.18 Å². The first-order valence-electron chi connectivity index (χ1n) is 7.54. The van der Waals surface area contributed by atoms with Gasteiger partial charge in [-0.3, -0.25) is 4.79 Å². The third-order valence-corrected chi connectivity index (χ3v) is 3.54. The number of halogens is 1. The Bertz CT molecular complexity index is 802. The standard InChI is InChI=1S/C17H16FN5O/c18-15-3-1-2-13(10-15)8-9-19-17(24)11-14-4-6-16(7-5-14)23-12-20-21-22-23/h1-7,10,12H,8-9,11H2,(H,19,24). The van der Waals surface area contributed by atoms with E-state index in [1.165, 1.54) is 18.5 Å². The second-order valence-corrected chi connectivity index (χ2v) is 5.33. The van der Waals surface area contributed by atoms with E-state index in [1.807, 2.05) is 30.3 Å². The second kappa shape index (κ2) is 7.45. The summed E-state index contributed by atoms with van der Waals surface area (Å²) in [5, 5.41) is 13.8. The average molecular weight is 325 g/mol. The minimum absolute atomic E-state index is 0.0680. The van der Waals surface area contributed by atoms with Crippen molar-refractivity contribution in [1.29, 1.82) is 0 Å². The highest BCUT2D eigenvalue weighted by Gasteiger charge is 2.04. The molecule has 0 radical (unpaired) electrons. The van der Waals surface area contributed by atoms with Crippen LogP contribution in [0.15, 0.2) is 54.9 Å². The van der Waals surface area contributed by atoms with E-state index >= 15 is 0 Å². The zero-order valence-corrected chi connectivity index (χ0v) is 12.9. The highest BCUT2D eigenvalue weighted by molar-refractivity contribution is 5.78. The van der Waals surface area contributed by atoms with Crippen molar-refractivity contribution in [2.75, 3.05) is 6.54 Å². The number of carbonyl (C=O) groups is 1. The maximum Gasteiger partial charge on any atom is 0.224 e. The van der Waals surface area contributed by atoms with E-state index in [0.717, 1.165) is 16.8 Å². The maximum atomic E-state index is 13.1. The van der Waals surface area contributed by atoms with Crippen molar-refractivity contribution >= 4 is 5.91 Å². The number of carbonyl (C=O) groups excluding carboxylic acids is 1. The number of tetrazole rings is 1. The van der Waals surface area contributed by atoms with Crippen LogP contribution in [0.2, 0.25) is 0 Å². The predicted molar refractivity (Wildman–Crippen MR) is 86.0 cm³/mol. The average Bonchev–Trinajstić information content (AvgIpc) is 3.10. The van der Waals surface area contributed by atoms with Gasteiger partial charge in [0.1, 0.15) is 12.1 Å². The number of nitrogens with one attached hydrogen (secondary N) is 1. The van der Waals surface area contributed by atoms with E-state index in [1.54, 1.807) is 10.7 Å². The van der Waals surface area contributed by atoms with Crippen LogP contribution in [0.3, 0.4) is 0 Å². The van der Waals surface area contributed by atoms with E-state index < -0.39 is 0 Å². The third kappa shape index (κ3) is 4.22. The van der Waals surface area contributed by atoms with Crippen LogP contribution in [0.4, 0.5) is 4.39 Å². The van der Waals surface area contributed by atoms with Crippen LogP contribution in [0.5, 0.6) is 0 Å². The van der Waals surface area contributed by atoms with Crippen LogP contribution < -0.4 is 5.32 Å². The van der Waals surface area contributed by atoms with Crippen LogP contribution in [-0.2, 0) is 17.6 Å². The van der Waals surface area contributed by atoms with Crippen LogP contribution >= 0.6 is 0 Å². The van der Waals surface area contributed by atoms with Crippen LogP contribution in [0.1, 0.15) is 11.1 Å². The lowest BCUT2D eigenvalue weighted by molar-refractivity contribution is -0.120. The summed E-state index contributed by atoms with van der Waals surface area (Å²) in [7, 11) is 0. The van der Waals surface area contributed by atoms with Gasteiger partial charge in [-0.1, -0.05) is 24.3 Å². The molecule has 0 saturated carbocycles. The van der Waals surface area contributed by atoms with Gasteiger partial charge < -0.3 is 5.32 Å². The SMILES string of the molecule is O=C(Cc1ccc(-n2cnnn2)cc1)NCCc1cccc(F)c1. The van der Waals surface area contributed by atoms with Crippen molar-refractivity contribution in [3.63, 3.8) is 0 Å². The molecule has 2 aromatic carbocycles. The largest absolute Gasteiger partial charge is 0.355 e. The van der Waals surface area contributed by atoms with Gasteiger partial charge in [0.25, 0.3) is 0 Å². The van der Waals surface area contributed by atoms with Crippen molar-refractivity contribution in [2.24, 2.45) is 0 Å². The fraction of sp³-hybridized carbons (Fsp3) is 0.176. The van der Waals surface area contributed by atoms with Crippen LogP contribution in [0, 0.1) is 5.82 Å². The molecule has 3 rings (SSSR count). The molecule has 0 fully saturated rings. The molecule has 0 saturated heterocycles. The van der Waals surface area contributed by atoms with Gasteiger partial charge in [0, 0.05) is 6.54 Å². The van der Waals surface area contributed by atoms with E-state index in [4.69, 9.17) is 0 Å². The van der Waals surface area contributed by atoms with Crippen molar-refractivity contribution in [2.45, 2.75) is 12.8 Å². The monoisotopic (exact) mass is 325 g/mol. The second-order valence-electron chi connectivity index (χ2n) is 5.33. The molecule has 1 aromatic heterocycles. The molecule has 6 nitrogen and oxygen atoms in total. The minimum Gasteiger partial charge on any atom is -0.355 e. The molecular weight excluding hydrogens is 309 g/mol. The van der Waals surface area contributed by atoms with Gasteiger partial charge in [-0.15, -0.1) is 5.10 Å². The molecule has 0 unspecified atom stereocenters. The van der Waals surface area contributed by atoms with E-state index in [2.05, 4.69) is 20.8 Å². The molecule has 0 aliphatic heterocycles. The molecule has 1 heterocycles. The van der Waals surface area contributed by atoms with Gasteiger partial charge in [-0.05, 0) is 52.2 Å². The first-order chi connectivity index (χ1) is 11.7. The van der Waals surface area contributed by atoms with Crippen LogP contribution in [-0.4, -0.2) is 32.7 Å². The maximum absolute atomic E-state index is 13.1. The Kier molecular flexibility index (Phi) is 4.90. The predicted octanol–water partition coefficient (Wildman–Crippen LogP) is 1.70. The van der Waals surface area contributed by atoms with E-state index in [0.29, 0.717) is 19.4 Å². The highest BCUT2D eigenvalue weighted by atomic mass is 19.1. The number of rotatable bonds is 6. The number of benzene rings is 2. The Hall–Kier alpha value is -3.09. The van der Waals surface area contributed by atoms with Gasteiger partial charge in [0.05, 0.1) is 12.1 Å². The Labute approximate surface area is 138 Å². The van der Waals surface area contributed by atoms with Crippen molar-refractivity contribution < 1.29 is 9.18 Å². The number of nitrogens with zero attached hydrogens (tertiary/aromatic N) is 4. The summed E-state index contributed by atoms with van der Waals surface area (Å²) in [6.07, 6.45) is 2.40. The Morgan fingerprint density at radius 1 is 1.12 bits per heavy atom. The lowest BCUT2D eigenvalue weighted by Gasteiger charge is -2.06. The Morgan fingerprint density at radius 3 is 2.67 bits per heavy atom. The number of amides is 1. The first kappa shape index (κ1) is 15.8. The smallest absolute Gasteiger partial charge is 0.224 e. The molecule has 122 valence electrons. The minimum atomic E-state index is -0.263. The number of hydrogen-bond donors (Lipinski definition) is 1. The quantitative estimate of drug-likeness (QED) is 0.749. The molecule has 0 spiro atoms. The highest BCUT2D eigenvalue weighted by Crippen LogP contribution is 2.08. The van der Waals surface area contributed by atoms with Gasteiger partial charge >= 0.3 is 0 Å². The molecule has 1 N–H and O–H groups in total. The van der Waals surface area contributed by atoms with Crippen LogP contribution in [0.25, 0.3) is 5.69 Å². The first-order valence-corrected chi connectivity index (χ1v) is 7.54. The Balaban J connectivity index is 1.48. The number of aromatic nitrogens is 4. The number of hydrogen-bond acceptors (Lipinski definition) is 4. The summed E-state index contributed by atoms with van der Waals surface area (Å²) in [5.74, 6) is -0.330. The van der Waals surface area contributed by atoms with Crippen molar-refractivity contribution in [1.82, 2.24) is 25.5 Å². The molecule has 3 aromatic rings. The zero-order chi connectivity index (χ0) is 16.8. The van der Waals surface area contributed by atoms with Gasteiger partial charge in [0.2, 0.25) is 5.91 Å². The molecular formula is C17H16FN5O. The molecule has 7 heteroatoms. The molecule has 24 heavy (non-hydrogen) atoms. The molecule has 0 aliphatic rings. The molecule has 0 atom stereocenters. The Morgan fingerprint density at radius 2 is 1.96 bits per heavy atom. The summed E-state index contributed by atoms with van der Waals surface area (Å²) in [6, 6.07) is 13.8. The summed E-state index contributed by atoms with van der Waals surface area (Å²) in [4.78, 5) is 12.0. The van der Waals surface area contributed by atoms with Crippen molar-refractivity contribution in [3.05, 3.63) is 71.8 Å².